The third kappa shape index (κ3) is 8.75. The summed E-state index contributed by atoms with van der Waals surface area (Å²) in [6, 6.07) is 5.47. The van der Waals surface area contributed by atoms with Crippen molar-refractivity contribution in [3.8, 4) is 11.5 Å². The monoisotopic (exact) mass is 816 g/mol. The molecule has 0 aliphatic carbocycles. The van der Waals surface area contributed by atoms with Gasteiger partial charge >= 0.3 is 18.3 Å². The van der Waals surface area contributed by atoms with Gasteiger partial charge in [0.15, 0.2) is 11.6 Å². The number of pyridine rings is 1. The van der Waals surface area contributed by atoms with Gasteiger partial charge in [-0.3, -0.25) is 19.4 Å². The molecule has 2 aliphatic heterocycles. The first-order valence-electron chi connectivity index (χ1n) is 18.1. The van der Waals surface area contributed by atoms with Crippen LogP contribution in [0, 0.1) is 11.2 Å². The maximum absolute atomic E-state index is 15.2. The normalized spacial score (nSPS) is 20.4. The van der Waals surface area contributed by atoms with Crippen LogP contribution in [0.1, 0.15) is 92.2 Å². The van der Waals surface area contributed by atoms with Gasteiger partial charge in [0, 0.05) is 54.8 Å². The van der Waals surface area contributed by atoms with Gasteiger partial charge in [0.25, 0.3) is 11.8 Å². The summed E-state index contributed by atoms with van der Waals surface area (Å²) in [7, 11) is 0. The molecule has 3 N–H and O–H groups in total. The molecule has 306 valence electrons. The summed E-state index contributed by atoms with van der Waals surface area (Å²) in [5, 5.41) is 10.6. The number of benzene rings is 1. The first-order chi connectivity index (χ1) is 26.1. The van der Waals surface area contributed by atoms with Crippen LogP contribution in [0.15, 0.2) is 48.0 Å². The van der Waals surface area contributed by atoms with E-state index in [0.717, 1.165) is 34.7 Å². The molecule has 0 bridgehead atoms. The Morgan fingerprint density at radius 3 is 2.32 bits per heavy atom. The zero-order valence-corrected chi connectivity index (χ0v) is 31.8. The molecule has 18 heteroatoms. The Morgan fingerprint density at radius 2 is 1.71 bits per heavy atom. The number of rotatable bonds is 12. The standard InChI is InChI=1S/C38H43F7N4O6S/c1-4-8-27-36(55-23-21-28(56-22-23)38(43,44)45,12-7-17-49(27)31(50)29-24(37(40,41)42)10-6-16-47-29)32(51)48-18-13-35(46,14-19-48)25-9-5-11-26(39)30(25)54-20-15-34(2,3)33(52)53/h5-6,9-11,16,21-22,27H,4,7-8,12-15,17-20,46H2,1-3H3,(H,52,53)/t27-,36+/m1/s1. The molecule has 10 nitrogen and oxygen atoms in total. The van der Waals surface area contributed by atoms with Gasteiger partial charge in [-0.05, 0) is 64.2 Å². The number of aromatic nitrogens is 1. The summed E-state index contributed by atoms with van der Waals surface area (Å²) in [5.74, 6) is -4.04. The van der Waals surface area contributed by atoms with Crippen molar-refractivity contribution < 1.29 is 59.7 Å². The Labute approximate surface area is 322 Å². The fourth-order valence-corrected chi connectivity index (χ4v) is 7.96. The van der Waals surface area contributed by atoms with Crippen LogP contribution in [-0.4, -0.2) is 75.6 Å². The molecular formula is C38H43F7N4O6S. The second kappa shape index (κ2) is 16.2. The van der Waals surface area contributed by atoms with Crippen LogP contribution >= 0.6 is 11.3 Å². The van der Waals surface area contributed by atoms with Crippen LogP contribution in [0.3, 0.4) is 0 Å². The maximum Gasteiger partial charge on any atom is 0.425 e. The molecule has 5 rings (SSSR count). The number of likely N-dealkylation sites (tertiary alicyclic amines) is 2. The number of carboxylic acid groups (broad SMARTS) is 1. The molecule has 2 saturated heterocycles. The second-order valence-electron chi connectivity index (χ2n) is 14.8. The number of carboxylic acids is 1. The van der Waals surface area contributed by atoms with Crippen molar-refractivity contribution in [2.45, 2.75) is 95.3 Å². The van der Waals surface area contributed by atoms with Crippen molar-refractivity contribution in [2.75, 3.05) is 26.2 Å². The molecule has 2 fully saturated rings. The third-order valence-electron chi connectivity index (χ3n) is 10.5. The fraction of sp³-hybridized carbons (Fsp3) is 0.526. The first kappa shape index (κ1) is 42.7. The molecule has 0 unspecified atom stereocenters. The number of nitrogens with two attached hydrogens (primary N) is 1. The predicted molar refractivity (Wildman–Crippen MR) is 190 cm³/mol. The van der Waals surface area contributed by atoms with Crippen LogP contribution in [0.4, 0.5) is 30.7 Å². The molecule has 2 aliphatic rings. The van der Waals surface area contributed by atoms with E-state index >= 15 is 4.39 Å². The highest BCUT2D eigenvalue weighted by atomic mass is 32.1. The van der Waals surface area contributed by atoms with Gasteiger partial charge in [0.2, 0.25) is 5.60 Å². The number of hydrogen-bond acceptors (Lipinski definition) is 8. The maximum atomic E-state index is 15.2. The third-order valence-corrected chi connectivity index (χ3v) is 11.5. The van der Waals surface area contributed by atoms with E-state index in [1.807, 2.05) is 0 Å². The predicted octanol–water partition coefficient (Wildman–Crippen LogP) is 7.90. The summed E-state index contributed by atoms with van der Waals surface area (Å²) in [6.45, 7) is 4.43. The number of ether oxygens (including phenoxy) is 2. The van der Waals surface area contributed by atoms with Gasteiger partial charge in [-0.2, -0.15) is 26.3 Å². The molecule has 2 amide bonds. The van der Waals surface area contributed by atoms with Crippen molar-refractivity contribution in [1.82, 2.24) is 14.8 Å². The van der Waals surface area contributed by atoms with Gasteiger partial charge in [0.1, 0.15) is 16.3 Å². The van der Waals surface area contributed by atoms with E-state index in [1.54, 1.807) is 13.0 Å². The van der Waals surface area contributed by atoms with E-state index in [-0.39, 0.29) is 81.8 Å². The number of aliphatic carboxylic acids is 1. The van der Waals surface area contributed by atoms with Gasteiger partial charge in [-0.1, -0.05) is 25.5 Å². The molecule has 2 aromatic heterocycles. The summed E-state index contributed by atoms with van der Waals surface area (Å²) in [5.41, 5.74) is 0.577. The number of piperidine rings is 2. The highest BCUT2D eigenvalue weighted by molar-refractivity contribution is 7.10. The molecular weight excluding hydrogens is 773 g/mol. The van der Waals surface area contributed by atoms with E-state index < -0.39 is 74.7 Å². The van der Waals surface area contributed by atoms with Crippen molar-refractivity contribution in [3.63, 3.8) is 0 Å². The highest BCUT2D eigenvalue weighted by Crippen LogP contribution is 2.44. The number of thiophene rings is 1. The molecule has 0 saturated carbocycles. The van der Waals surface area contributed by atoms with Gasteiger partial charge in [-0.25, -0.2) is 4.39 Å². The Kier molecular flexibility index (Phi) is 12.3. The van der Waals surface area contributed by atoms with Crippen molar-refractivity contribution in [2.24, 2.45) is 11.1 Å². The lowest BCUT2D eigenvalue weighted by Gasteiger charge is -2.51. The number of hydrogen-bond donors (Lipinski definition) is 2. The summed E-state index contributed by atoms with van der Waals surface area (Å²) in [4.78, 5) is 45.8. The van der Waals surface area contributed by atoms with Crippen LogP contribution in [0.2, 0.25) is 0 Å². The average molecular weight is 817 g/mol. The molecule has 0 spiro atoms. The van der Waals surface area contributed by atoms with E-state index in [4.69, 9.17) is 15.2 Å². The van der Waals surface area contributed by atoms with Gasteiger partial charge in [-0.15, -0.1) is 11.3 Å². The highest BCUT2D eigenvalue weighted by Gasteiger charge is 2.56. The number of carbonyl (C=O) groups is 3. The van der Waals surface area contributed by atoms with E-state index in [9.17, 15) is 45.8 Å². The van der Waals surface area contributed by atoms with Crippen LogP contribution in [-0.2, 0) is 27.5 Å². The number of halogens is 7. The number of para-hydroxylation sites is 1. The zero-order chi connectivity index (χ0) is 41.3. The lowest BCUT2D eigenvalue weighted by molar-refractivity contribution is -0.161. The number of amides is 2. The minimum absolute atomic E-state index is 0.0409. The second-order valence-corrected chi connectivity index (χ2v) is 15.7. The van der Waals surface area contributed by atoms with Crippen LogP contribution in [0.5, 0.6) is 11.5 Å². The fourth-order valence-electron chi connectivity index (χ4n) is 7.28. The van der Waals surface area contributed by atoms with Gasteiger partial charge < -0.3 is 30.1 Å². The lowest BCUT2D eigenvalue weighted by Crippen LogP contribution is -2.69. The smallest absolute Gasteiger partial charge is 0.425 e. The molecule has 0 radical (unpaired) electrons. The van der Waals surface area contributed by atoms with Crippen molar-refractivity contribution in [3.05, 3.63) is 75.5 Å². The Bertz CT molecular complexity index is 1910. The molecule has 3 aromatic rings. The topological polar surface area (TPSA) is 135 Å². The minimum Gasteiger partial charge on any atom is -0.490 e. The van der Waals surface area contributed by atoms with E-state index in [2.05, 4.69) is 4.98 Å². The van der Waals surface area contributed by atoms with Crippen LogP contribution < -0.4 is 15.2 Å². The first-order valence-corrected chi connectivity index (χ1v) is 18.9. The minimum atomic E-state index is -4.94. The van der Waals surface area contributed by atoms with E-state index in [1.165, 1.54) is 30.9 Å². The number of carbonyl (C=O) groups excluding carboxylic acids is 2. The Balaban J connectivity index is 1.48. The van der Waals surface area contributed by atoms with E-state index in [0.29, 0.717) is 17.8 Å². The largest absolute Gasteiger partial charge is 0.490 e. The molecule has 2 atom stereocenters. The van der Waals surface area contributed by atoms with Crippen molar-refractivity contribution >= 4 is 29.1 Å². The molecule has 4 heterocycles. The number of nitrogens with zero attached hydrogens (tertiary/aromatic N) is 3. The summed E-state index contributed by atoms with van der Waals surface area (Å²) >= 11 is 0.344. The SMILES string of the molecule is CCC[C@H]1N(C(=O)c2ncccc2C(F)(F)F)CCC[C@@]1(Oc1csc(C(F)(F)F)c1)C(=O)N1CCC(N)(c2cccc(F)c2OCCC(C)(C)C(=O)O)CC1. The summed E-state index contributed by atoms with van der Waals surface area (Å²) < 4.78 is 111. The molecule has 1 aromatic carbocycles. The average Bonchev–Trinajstić information content (AvgIpc) is 3.61. The Morgan fingerprint density at radius 1 is 1.02 bits per heavy atom. The van der Waals surface area contributed by atoms with Gasteiger partial charge in [0.05, 0.1) is 23.6 Å². The number of alkyl halides is 6. The molecule has 56 heavy (non-hydrogen) atoms. The van der Waals surface area contributed by atoms with Crippen molar-refractivity contribution in [1.29, 1.82) is 0 Å². The summed E-state index contributed by atoms with van der Waals surface area (Å²) in [6.07, 6.45) is -8.13. The quantitative estimate of drug-likeness (QED) is 0.176. The lowest BCUT2D eigenvalue weighted by atomic mass is 9.77. The zero-order valence-electron chi connectivity index (χ0n) is 30.9. The van der Waals surface area contributed by atoms with Crippen LogP contribution in [0.25, 0.3) is 0 Å². The Hall–Kier alpha value is -4.45.